The lowest BCUT2D eigenvalue weighted by Gasteiger charge is -2.14. The van der Waals surface area contributed by atoms with E-state index >= 15 is 0 Å². The molecule has 2 N–H and O–H groups in total. The molecular formula is C23H23N3O3. The lowest BCUT2D eigenvalue weighted by molar-refractivity contribution is 0.0948. The van der Waals surface area contributed by atoms with Gasteiger partial charge in [0, 0.05) is 17.3 Å². The fraction of sp³-hybridized carbons (Fsp3) is 0.174. The summed E-state index contributed by atoms with van der Waals surface area (Å²) in [6.07, 6.45) is 1.68. The SMILES string of the molecule is CC(C)Oc1ccccc1NC(=O)c1ccc(C(=O)NCc2ccccn2)cc1. The quantitative estimate of drug-likeness (QED) is 0.639. The molecule has 29 heavy (non-hydrogen) atoms. The Morgan fingerprint density at radius 2 is 1.55 bits per heavy atom. The number of anilines is 1. The predicted molar refractivity (Wildman–Crippen MR) is 112 cm³/mol. The van der Waals surface area contributed by atoms with Crippen LogP contribution in [0.2, 0.25) is 0 Å². The summed E-state index contributed by atoms with van der Waals surface area (Å²) in [5.41, 5.74) is 2.30. The third-order valence-corrected chi connectivity index (χ3v) is 4.06. The Morgan fingerprint density at radius 1 is 0.897 bits per heavy atom. The van der Waals surface area contributed by atoms with Crippen molar-refractivity contribution in [1.29, 1.82) is 0 Å². The van der Waals surface area contributed by atoms with E-state index < -0.39 is 0 Å². The highest BCUT2D eigenvalue weighted by Gasteiger charge is 2.12. The van der Waals surface area contributed by atoms with Crippen molar-refractivity contribution in [3.05, 3.63) is 89.7 Å². The molecule has 1 heterocycles. The average molecular weight is 389 g/mol. The molecule has 1 aromatic heterocycles. The van der Waals surface area contributed by atoms with Gasteiger partial charge in [0.15, 0.2) is 0 Å². The number of ether oxygens (including phenoxy) is 1. The molecule has 0 atom stereocenters. The molecule has 3 rings (SSSR count). The van der Waals surface area contributed by atoms with Gasteiger partial charge in [0.05, 0.1) is 24.0 Å². The van der Waals surface area contributed by atoms with Gasteiger partial charge >= 0.3 is 0 Å². The zero-order valence-electron chi connectivity index (χ0n) is 16.4. The van der Waals surface area contributed by atoms with E-state index in [0.717, 1.165) is 5.69 Å². The van der Waals surface area contributed by atoms with Gasteiger partial charge < -0.3 is 15.4 Å². The van der Waals surface area contributed by atoms with Crippen LogP contribution in [0.15, 0.2) is 72.9 Å². The van der Waals surface area contributed by atoms with Crippen molar-refractivity contribution in [2.24, 2.45) is 0 Å². The second kappa shape index (κ2) is 9.50. The maximum Gasteiger partial charge on any atom is 0.255 e. The maximum absolute atomic E-state index is 12.6. The largest absolute Gasteiger partial charge is 0.489 e. The van der Waals surface area contributed by atoms with E-state index in [1.807, 2.05) is 50.2 Å². The Bertz CT molecular complexity index is 970. The molecule has 0 aliphatic heterocycles. The summed E-state index contributed by atoms with van der Waals surface area (Å²) in [7, 11) is 0. The fourth-order valence-corrected chi connectivity index (χ4v) is 2.67. The van der Waals surface area contributed by atoms with Gasteiger partial charge in [-0.3, -0.25) is 14.6 Å². The molecule has 0 saturated heterocycles. The second-order valence-electron chi connectivity index (χ2n) is 6.70. The van der Waals surface area contributed by atoms with E-state index in [9.17, 15) is 9.59 Å². The number of nitrogens with one attached hydrogen (secondary N) is 2. The zero-order valence-corrected chi connectivity index (χ0v) is 16.4. The lowest BCUT2D eigenvalue weighted by atomic mass is 10.1. The Morgan fingerprint density at radius 3 is 2.21 bits per heavy atom. The highest BCUT2D eigenvalue weighted by atomic mass is 16.5. The Labute approximate surface area is 169 Å². The molecule has 0 aliphatic carbocycles. The van der Waals surface area contributed by atoms with E-state index in [2.05, 4.69) is 15.6 Å². The molecule has 0 aliphatic rings. The van der Waals surface area contributed by atoms with Crippen LogP contribution in [0.25, 0.3) is 0 Å². The van der Waals surface area contributed by atoms with E-state index in [1.54, 1.807) is 36.5 Å². The number of amides is 2. The number of benzene rings is 2. The molecule has 0 saturated carbocycles. The minimum atomic E-state index is -0.273. The van der Waals surface area contributed by atoms with Crippen LogP contribution < -0.4 is 15.4 Å². The smallest absolute Gasteiger partial charge is 0.255 e. The van der Waals surface area contributed by atoms with Crippen molar-refractivity contribution in [2.75, 3.05) is 5.32 Å². The number of hydrogen-bond donors (Lipinski definition) is 2. The summed E-state index contributed by atoms with van der Waals surface area (Å²) >= 11 is 0. The van der Waals surface area contributed by atoms with E-state index in [-0.39, 0.29) is 17.9 Å². The van der Waals surface area contributed by atoms with Crippen molar-refractivity contribution in [1.82, 2.24) is 10.3 Å². The second-order valence-corrected chi connectivity index (χ2v) is 6.70. The monoisotopic (exact) mass is 389 g/mol. The van der Waals surface area contributed by atoms with Crippen LogP contribution in [-0.2, 0) is 6.54 Å². The first-order chi connectivity index (χ1) is 14.0. The zero-order chi connectivity index (χ0) is 20.6. The summed E-state index contributed by atoms with van der Waals surface area (Å²) in [6.45, 7) is 4.20. The van der Waals surface area contributed by atoms with Gasteiger partial charge in [0.2, 0.25) is 0 Å². The topological polar surface area (TPSA) is 80.3 Å². The van der Waals surface area contributed by atoms with Gasteiger partial charge in [-0.2, -0.15) is 0 Å². The number of hydrogen-bond acceptors (Lipinski definition) is 4. The predicted octanol–water partition coefficient (Wildman–Crippen LogP) is 4.05. The molecule has 2 aromatic carbocycles. The number of carbonyl (C=O) groups excluding carboxylic acids is 2. The van der Waals surface area contributed by atoms with Gasteiger partial charge in [0.1, 0.15) is 5.75 Å². The maximum atomic E-state index is 12.6. The summed E-state index contributed by atoms with van der Waals surface area (Å²) in [6, 6.07) is 19.3. The first-order valence-electron chi connectivity index (χ1n) is 9.38. The van der Waals surface area contributed by atoms with Crippen LogP contribution in [0, 0.1) is 0 Å². The molecule has 6 heteroatoms. The van der Waals surface area contributed by atoms with Gasteiger partial charge in [-0.05, 0) is 62.4 Å². The first-order valence-corrected chi connectivity index (χ1v) is 9.38. The highest BCUT2D eigenvalue weighted by molar-refractivity contribution is 6.05. The summed E-state index contributed by atoms with van der Waals surface area (Å²) in [5.74, 6) is 0.116. The van der Waals surface area contributed by atoms with E-state index in [4.69, 9.17) is 4.74 Å². The Balaban J connectivity index is 1.62. The molecule has 6 nitrogen and oxygen atoms in total. The van der Waals surface area contributed by atoms with Gasteiger partial charge in [-0.25, -0.2) is 0 Å². The van der Waals surface area contributed by atoms with Gasteiger partial charge in [-0.15, -0.1) is 0 Å². The number of rotatable bonds is 7. The number of nitrogens with zero attached hydrogens (tertiary/aromatic N) is 1. The Hall–Kier alpha value is -3.67. The van der Waals surface area contributed by atoms with Crippen LogP contribution in [0.4, 0.5) is 5.69 Å². The molecule has 148 valence electrons. The van der Waals surface area contributed by atoms with E-state index in [0.29, 0.717) is 29.1 Å². The third-order valence-electron chi connectivity index (χ3n) is 4.06. The molecule has 0 bridgehead atoms. The summed E-state index contributed by atoms with van der Waals surface area (Å²) in [5, 5.41) is 5.67. The average Bonchev–Trinajstić information content (AvgIpc) is 2.74. The molecule has 0 fully saturated rings. The number of aromatic nitrogens is 1. The standard InChI is InChI=1S/C23H23N3O3/c1-16(2)29-21-9-4-3-8-20(21)26-23(28)18-12-10-17(11-13-18)22(27)25-15-19-7-5-6-14-24-19/h3-14,16H,15H2,1-2H3,(H,25,27)(H,26,28). The Kier molecular flexibility index (Phi) is 6.58. The van der Waals surface area contributed by atoms with Crippen molar-refractivity contribution in [3.8, 4) is 5.75 Å². The van der Waals surface area contributed by atoms with Crippen LogP contribution in [0.5, 0.6) is 5.75 Å². The highest BCUT2D eigenvalue weighted by Crippen LogP contribution is 2.25. The van der Waals surface area contributed by atoms with Gasteiger partial charge in [0.25, 0.3) is 11.8 Å². The normalized spacial score (nSPS) is 10.4. The summed E-state index contributed by atoms with van der Waals surface area (Å²) < 4.78 is 5.72. The van der Waals surface area contributed by atoms with Crippen molar-refractivity contribution in [2.45, 2.75) is 26.5 Å². The number of pyridine rings is 1. The fourth-order valence-electron chi connectivity index (χ4n) is 2.67. The minimum Gasteiger partial charge on any atom is -0.489 e. The molecule has 2 amide bonds. The van der Waals surface area contributed by atoms with Crippen molar-refractivity contribution >= 4 is 17.5 Å². The molecule has 0 unspecified atom stereocenters. The molecular weight excluding hydrogens is 366 g/mol. The number of carbonyl (C=O) groups is 2. The van der Waals surface area contributed by atoms with Crippen LogP contribution in [0.1, 0.15) is 40.3 Å². The molecule has 3 aromatic rings. The van der Waals surface area contributed by atoms with Crippen LogP contribution in [-0.4, -0.2) is 22.9 Å². The van der Waals surface area contributed by atoms with E-state index in [1.165, 1.54) is 0 Å². The third kappa shape index (κ3) is 5.65. The lowest BCUT2D eigenvalue weighted by Crippen LogP contribution is -2.23. The number of para-hydroxylation sites is 2. The van der Waals surface area contributed by atoms with Crippen LogP contribution in [0.3, 0.4) is 0 Å². The molecule has 0 spiro atoms. The first kappa shape index (κ1) is 20.1. The molecule has 0 radical (unpaired) electrons. The van der Waals surface area contributed by atoms with Crippen molar-refractivity contribution < 1.29 is 14.3 Å². The van der Waals surface area contributed by atoms with Gasteiger partial charge in [-0.1, -0.05) is 18.2 Å². The summed E-state index contributed by atoms with van der Waals surface area (Å²) in [4.78, 5) is 29.0. The van der Waals surface area contributed by atoms with Crippen molar-refractivity contribution in [3.63, 3.8) is 0 Å². The van der Waals surface area contributed by atoms with Crippen LogP contribution >= 0.6 is 0 Å². The minimum absolute atomic E-state index is 0.00284.